The van der Waals surface area contributed by atoms with Crippen molar-refractivity contribution in [2.45, 2.75) is 0 Å². The molecule has 2 N–H and O–H groups in total. The van der Waals surface area contributed by atoms with Gasteiger partial charge in [-0.1, -0.05) is 23.5 Å². The van der Waals surface area contributed by atoms with E-state index in [0.717, 1.165) is 0 Å². The summed E-state index contributed by atoms with van der Waals surface area (Å²) >= 11 is 1.18. The summed E-state index contributed by atoms with van der Waals surface area (Å²) in [4.78, 5) is 4.45. The number of anilines is 1. The van der Waals surface area contributed by atoms with Crippen molar-refractivity contribution in [3.8, 4) is 16.5 Å². The highest BCUT2D eigenvalue weighted by molar-refractivity contribution is 7.19. The number of nitrogens with two attached hydrogens (primary N) is 1. The van der Waals surface area contributed by atoms with Crippen LogP contribution in [-0.4, -0.2) is 4.98 Å². The highest BCUT2D eigenvalue weighted by Gasteiger charge is 2.11. The van der Waals surface area contributed by atoms with Gasteiger partial charge in [-0.15, -0.1) is 0 Å². The quantitative estimate of drug-likeness (QED) is 0.801. The van der Waals surface area contributed by atoms with Gasteiger partial charge in [0.1, 0.15) is 11.9 Å². The normalized spacial score (nSPS) is 9.87. The summed E-state index contributed by atoms with van der Waals surface area (Å²) < 4.78 is 13.0. The molecule has 0 spiro atoms. The molecule has 0 saturated heterocycles. The van der Waals surface area contributed by atoms with Crippen LogP contribution < -0.4 is 5.73 Å². The van der Waals surface area contributed by atoms with Gasteiger partial charge in [0, 0.05) is 0 Å². The van der Waals surface area contributed by atoms with Crippen LogP contribution in [-0.2, 0) is 0 Å². The second kappa shape index (κ2) is 3.67. The molecule has 0 unspecified atom stereocenters. The lowest BCUT2D eigenvalue weighted by atomic mass is 10.1. The van der Waals surface area contributed by atoms with Gasteiger partial charge < -0.3 is 5.73 Å². The number of hydrogen-bond acceptors (Lipinski definition) is 4. The number of nitrogens with zero attached hydrogens (tertiary/aromatic N) is 2. The molecule has 2 rings (SSSR count). The number of nitriles is 1. The first-order valence-corrected chi connectivity index (χ1v) is 4.94. The second-order valence-electron chi connectivity index (χ2n) is 2.85. The third-order valence-corrected chi connectivity index (χ3v) is 2.77. The van der Waals surface area contributed by atoms with Crippen LogP contribution in [0.25, 0.3) is 10.4 Å². The molecule has 0 saturated carbocycles. The molecular formula is C10H6FN3S. The first-order valence-electron chi connectivity index (χ1n) is 4.13. The van der Waals surface area contributed by atoms with E-state index in [4.69, 9.17) is 11.0 Å². The van der Waals surface area contributed by atoms with Gasteiger partial charge in [0.25, 0.3) is 0 Å². The minimum Gasteiger partial charge on any atom is -0.375 e. The Labute approximate surface area is 89.6 Å². The number of hydrogen-bond donors (Lipinski definition) is 1. The molecule has 1 aromatic heterocycles. The number of halogens is 1. The van der Waals surface area contributed by atoms with E-state index in [1.54, 1.807) is 12.1 Å². The first kappa shape index (κ1) is 9.62. The maximum Gasteiger partial charge on any atom is 0.181 e. The van der Waals surface area contributed by atoms with Gasteiger partial charge in [0.05, 0.1) is 4.88 Å². The Balaban J connectivity index is 2.59. The van der Waals surface area contributed by atoms with Crippen LogP contribution in [0.15, 0.2) is 24.3 Å². The monoisotopic (exact) mass is 219 g/mol. The molecule has 15 heavy (non-hydrogen) atoms. The van der Waals surface area contributed by atoms with Crippen LogP contribution in [0.5, 0.6) is 0 Å². The van der Waals surface area contributed by atoms with Gasteiger partial charge in [-0.05, 0) is 17.7 Å². The molecule has 0 amide bonds. The summed E-state index contributed by atoms with van der Waals surface area (Å²) in [6.07, 6.45) is 0. The predicted molar refractivity (Wildman–Crippen MR) is 56.6 cm³/mol. The average molecular weight is 219 g/mol. The topological polar surface area (TPSA) is 62.7 Å². The largest absolute Gasteiger partial charge is 0.375 e. The lowest BCUT2D eigenvalue weighted by Crippen LogP contribution is -1.83. The number of aromatic nitrogens is 1. The summed E-state index contributed by atoms with van der Waals surface area (Å²) in [5.74, 6) is -0.344. The highest BCUT2D eigenvalue weighted by atomic mass is 32.1. The molecule has 74 valence electrons. The van der Waals surface area contributed by atoms with Gasteiger partial charge in [-0.2, -0.15) is 5.26 Å². The van der Waals surface area contributed by atoms with Crippen LogP contribution in [0.3, 0.4) is 0 Å². The number of thiazole rings is 1. The molecule has 0 atom stereocenters. The van der Waals surface area contributed by atoms with Crippen molar-refractivity contribution in [1.29, 1.82) is 5.26 Å². The summed E-state index contributed by atoms with van der Waals surface area (Å²) in [6, 6.07) is 7.94. The lowest BCUT2D eigenvalue weighted by molar-refractivity contribution is 0.628. The molecule has 3 nitrogen and oxygen atoms in total. The number of rotatable bonds is 1. The SMILES string of the molecule is N#Cc1nc(N)sc1-c1cccc(F)c1. The van der Waals surface area contributed by atoms with Gasteiger partial charge >= 0.3 is 0 Å². The van der Waals surface area contributed by atoms with Gasteiger partial charge in [0.15, 0.2) is 10.8 Å². The molecule has 0 bridgehead atoms. The van der Waals surface area contributed by atoms with E-state index in [9.17, 15) is 4.39 Å². The fourth-order valence-corrected chi connectivity index (χ4v) is 2.02. The van der Waals surface area contributed by atoms with Gasteiger partial charge in [-0.25, -0.2) is 9.37 Å². The fourth-order valence-electron chi connectivity index (χ4n) is 1.24. The standard InChI is InChI=1S/C10H6FN3S/c11-7-3-1-2-6(4-7)9-8(5-12)14-10(13)15-9/h1-4H,(H2,13,14). The maximum atomic E-state index is 13.0. The molecule has 0 aliphatic heterocycles. The van der Waals surface area contributed by atoms with Crippen LogP contribution in [0.1, 0.15) is 5.69 Å². The average Bonchev–Trinajstić information content (AvgIpc) is 2.59. The van der Waals surface area contributed by atoms with Crippen LogP contribution in [0, 0.1) is 17.1 Å². The van der Waals surface area contributed by atoms with Crippen LogP contribution in [0.4, 0.5) is 9.52 Å². The zero-order chi connectivity index (χ0) is 10.8. The summed E-state index contributed by atoms with van der Waals surface area (Å²) in [5, 5.41) is 9.12. The molecule has 0 radical (unpaired) electrons. The molecular weight excluding hydrogens is 213 g/mol. The molecule has 5 heteroatoms. The molecule has 1 aromatic carbocycles. The van der Waals surface area contributed by atoms with Crippen molar-refractivity contribution in [3.63, 3.8) is 0 Å². The van der Waals surface area contributed by atoms with Crippen molar-refractivity contribution < 1.29 is 4.39 Å². The minimum atomic E-state index is -0.344. The first-order chi connectivity index (χ1) is 7.20. The summed E-state index contributed by atoms with van der Waals surface area (Å²) in [5.41, 5.74) is 6.36. The smallest absolute Gasteiger partial charge is 0.181 e. The highest BCUT2D eigenvalue weighted by Crippen LogP contribution is 2.31. The van der Waals surface area contributed by atoms with Crippen LogP contribution in [0.2, 0.25) is 0 Å². The maximum absolute atomic E-state index is 13.0. The third-order valence-electron chi connectivity index (χ3n) is 1.84. The number of benzene rings is 1. The van der Waals surface area contributed by atoms with Crippen molar-refractivity contribution >= 4 is 16.5 Å². The van der Waals surface area contributed by atoms with E-state index in [0.29, 0.717) is 15.6 Å². The molecule has 0 aliphatic rings. The Morgan fingerprint density at radius 1 is 1.47 bits per heavy atom. The van der Waals surface area contributed by atoms with Crippen molar-refractivity contribution in [2.24, 2.45) is 0 Å². The van der Waals surface area contributed by atoms with E-state index < -0.39 is 0 Å². The lowest BCUT2D eigenvalue weighted by Gasteiger charge is -1.96. The van der Waals surface area contributed by atoms with Crippen molar-refractivity contribution in [1.82, 2.24) is 4.98 Å². The molecule has 1 heterocycles. The van der Waals surface area contributed by atoms with Crippen molar-refractivity contribution in [2.75, 3.05) is 5.73 Å². The Bertz CT molecular complexity index is 542. The van der Waals surface area contributed by atoms with Gasteiger partial charge in [-0.3, -0.25) is 0 Å². The second-order valence-corrected chi connectivity index (χ2v) is 3.88. The summed E-state index contributed by atoms with van der Waals surface area (Å²) in [7, 11) is 0. The molecule has 0 fully saturated rings. The predicted octanol–water partition coefficient (Wildman–Crippen LogP) is 2.40. The van der Waals surface area contributed by atoms with E-state index in [-0.39, 0.29) is 11.5 Å². The Hall–Kier alpha value is -1.93. The minimum absolute atomic E-state index is 0.239. The third kappa shape index (κ3) is 1.80. The van der Waals surface area contributed by atoms with E-state index in [1.807, 2.05) is 6.07 Å². The zero-order valence-electron chi connectivity index (χ0n) is 7.57. The fraction of sp³-hybridized carbons (Fsp3) is 0. The van der Waals surface area contributed by atoms with E-state index >= 15 is 0 Å². The van der Waals surface area contributed by atoms with Gasteiger partial charge in [0.2, 0.25) is 0 Å². The van der Waals surface area contributed by atoms with Crippen molar-refractivity contribution in [3.05, 3.63) is 35.8 Å². The van der Waals surface area contributed by atoms with Crippen LogP contribution >= 0.6 is 11.3 Å². The van der Waals surface area contributed by atoms with E-state index in [2.05, 4.69) is 4.98 Å². The zero-order valence-corrected chi connectivity index (χ0v) is 8.38. The van der Waals surface area contributed by atoms with E-state index in [1.165, 1.54) is 23.5 Å². The Morgan fingerprint density at radius 2 is 2.27 bits per heavy atom. The Morgan fingerprint density at radius 3 is 2.93 bits per heavy atom. The summed E-state index contributed by atoms with van der Waals surface area (Å²) in [6.45, 7) is 0. The molecule has 0 aliphatic carbocycles. The number of nitrogen functional groups attached to an aromatic ring is 1. The Kier molecular flexibility index (Phi) is 2.35. The molecule has 2 aromatic rings.